The van der Waals surface area contributed by atoms with Gasteiger partial charge < -0.3 is 5.32 Å². The van der Waals surface area contributed by atoms with Gasteiger partial charge in [0.15, 0.2) is 0 Å². The second-order valence-corrected chi connectivity index (χ2v) is 12.9. The Hall–Kier alpha value is -1.20. The lowest BCUT2D eigenvalue weighted by Gasteiger charge is -2.17. The van der Waals surface area contributed by atoms with Crippen molar-refractivity contribution in [3.8, 4) is 0 Å². The van der Waals surface area contributed by atoms with E-state index in [2.05, 4.69) is 19.2 Å². The van der Waals surface area contributed by atoms with Crippen molar-refractivity contribution in [3.05, 3.63) is 22.4 Å². The van der Waals surface area contributed by atoms with Crippen molar-refractivity contribution < 1.29 is 9.59 Å². The van der Waals surface area contributed by atoms with Gasteiger partial charge in [-0.15, -0.1) is 22.7 Å². The molecule has 0 saturated carbocycles. The van der Waals surface area contributed by atoms with E-state index in [1.807, 2.05) is 17.5 Å². The first kappa shape index (κ1) is 32.0. The van der Waals surface area contributed by atoms with Crippen LogP contribution in [0.25, 0.3) is 9.40 Å². The van der Waals surface area contributed by atoms with Crippen LogP contribution in [0.5, 0.6) is 0 Å². The van der Waals surface area contributed by atoms with Gasteiger partial charge in [0.2, 0.25) is 0 Å². The monoisotopic (exact) mass is 547 g/mol. The first-order valence-electron chi connectivity index (χ1n) is 15.4. The van der Waals surface area contributed by atoms with Crippen molar-refractivity contribution in [1.29, 1.82) is 0 Å². The third-order valence-corrected chi connectivity index (χ3v) is 9.64. The second kappa shape index (κ2) is 20.7. The van der Waals surface area contributed by atoms with Crippen LogP contribution >= 0.6 is 22.7 Å². The van der Waals surface area contributed by atoms with Gasteiger partial charge in [-0.05, 0) is 36.3 Å². The summed E-state index contributed by atoms with van der Waals surface area (Å²) in [7, 11) is 0. The number of hydrogen-bond donors (Lipinski definition) is 1. The van der Waals surface area contributed by atoms with Gasteiger partial charge in [0.1, 0.15) is 0 Å². The second-order valence-electron chi connectivity index (χ2n) is 10.9. The van der Waals surface area contributed by atoms with E-state index >= 15 is 0 Å². The van der Waals surface area contributed by atoms with Crippen LogP contribution in [0.1, 0.15) is 152 Å². The van der Waals surface area contributed by atoms with Crippen LogP contribution in [0.15, 0.2) is 17.5 Å². The van der Waals surface area contributed by atoms with Crippen LogP contribution in [0, 0.1) is 5.92 Å². The standard InChI is InChI=1S/C32H53NO2S2/c1-3-5-7-9-11-13-14-16-18-20-22-27(21-19-17-15-12-10-8-6-4-2)26-33-32(35)31(34)30-25-29-28(37-30)23-24-36-29/h23-25,27H,3-22,26H2,1-2H3,(H,33,35). The normalized spacial score (nSPS) is 12.3. The third kappa shape index (κ3) is 14.0. The Bertz CT molecular complexity index is 827. The topological polar surface area (TPSA) is 46.2 Å². The summed E-state index contributed by atoms with van der Waals surface area (Å²) >= 11 is 3.05. The first-order valence-corrected chi connectivity index (χ1v) is 17.1. The molecular formula is C32H53NO2S2. The molecule has 0 aromatic carbocycles. The van der Waals surface area contributed by atoms with Crippen LogP contribution in [0.2, 0.25) is 0 Å². The third-order valence-electron chi connectivity index (χ3n) is 7.55. The zero-order valence-corrected chi connectivity index (χ0v) is 25.4. The van der Waals surface area contributed by atoms with Crippen LogP contribution in [0.4, 0.5) is 0 Å². The van der Waals surface area contributed by atoms with Crippen molar-refractivity contribution in [2.24, 2.45) is 5.92 Å². The summed E-state index contributed by atoms with van der Waals surface area (Å²) in [5, 5.41) is 5.03. The van der Waals surface area contributed by atoms with Crippen LogP contribution in [0.3, 0.4) is 0 Å². The van der Waals surface area contributed by atoms with Gasteiger partial charge in [0.05, 0.1) is 4.88 Å². The molecule has 2 aromatic heterocycles. The van der Waals surface area contributed by atoms with Gasteiger partial charge in [0.25, 0.3) is 11.7 Å². The number of carbonyl (C=O) groups is 2. The Balaban J connectivity index is 1.68. The number of fused-ring (bicyclic) bond motifs is 1. The molecule has 0 aliphatic rings. The Labute approximate surface area is 235 Å². The molecule has 0 aliphatic heterocycles. The summed E-state index contributed by atoms with van der Waals surface area (Å²) in [6.07, 6.45) is 26.4. The molecule has 1 unspecified atom stereocenters. The molecule has 0 aliphatic carbocycles. The molecule has 37 heavy (non-hydrogen) atoms. The lowest BCUT2D eigenvalue weighted by molar-refractivity contribution is -0.117. The Morgan fingerprint density at radius 2 is 1.19 bits per heavy atom. The van der Waals surface area contributed by atoms with Crippen molar-refractivity contribution in [2.45, 2.75) is 142 Å². The highest BCUT2D eigenvalue weighted by molar-refractivity contribution is 7.28. The minimum atomic E-state index is -0.432. The average Bonchev–Trinajstić information content (AvgIpc) is 3.51. The van der Waals surface area contributed by atoms with Crippen LogP contribution in [-0.2, 0) is 4.79 Å². The van der Waals surface area contributed by atoms with E-state index < -0.39 is 5.91 Å². The van der Waals surface area contributed by atoms with E-state index in [-0.39, 0.29) is 5.78 Å². The van der Waals surface area contributed by atoms with Crippen LogP contribution < -0.4 is 5.32 Å². The van der Waals surface area contributed by atoms with E-state index in [1.54, 1.807) is 11.3 Å². The quantitative estimate of drug-likeness (QED) is 0.0807. The van der Waals surface area contributed by atoms with Crippen LogP contribution in [-0.4, -0.2) is 18.2 Å². The molecule has 2 rings (SSSR count). The predicted molar refractivity (Wildman–Crippen MR) is 164 cm³/mol. The fourth-order valence-electron chi connectivity index (χ4n) is 5.14. The number of nitrogens with one attached hydrogen (secondary N) is 1. The summed E-state index contributed by atoms with van der Waals surface area (Å²) in [5.74, 6) is -0.325. The van der Waals surface area contributed by atoms with Gasteiger partial charge >= 0.3 is 0 Å². The molecule has 2 heterocycles. The Kier molecular flexibility index (Phi) is 17.9. The number of Topliss-reactive ketones (excluding diaryl/α,β-unsaturated/α-hetero) is 1. The number of hydrogen-bond acceptors (Lipinski definition) is 4. The average molecular weight is 548 g/mol. The molecule has 2 aromatic rings. The summed E-state index contributed by atoms with van der Waals surface area (Å²) in [5.41, 5.74) is 0. The zero-order chi connectivity index (χ0) is 26.6. The van der Waals surface area contributed by atoms with E-state index in [0.29, 0.717) is 17.3 Å². The fraction of sp³-hybridized carbons (Fsp3) is 0.750. The number of unbranched alkanes of at least 4 members (excludes halogenated alkanes) is 16. The van der Waals surface area contributed by atoms with E-state index in [0.717, 1.165) is 22.2 Å². The molecule has 3 nitrogen and oxygen atoms in total. The van der Waals surface area contributed by atoms with E-state index in [9.17, 15) is 9.59 Å². The first-order chi connectivity index (χ1) is 18.2. The minimum Gasteiger partial charge on any atom is -0.349 e. The Morgan fingerprint density at radius 3 is 1.68 bits per heavy atom. The lowest BCUT2D eigenvalue weighted by Crippen LogP contribution is -2.34. The maximum atomic E-state index is 12.7. The van der Waals surface area contributed by atoms with Gasteiger partial charge in [-0.25, -0.2) is 0 Å². The molecule has 210 valence electrons. The Morgan fingerprint density at radius 1 is 0.703 bits per heavy atom. The molecule has 0 saturated heterocycles. The molecule has 0 radical (unpaired) electrons. The fourth-order valence-corrected chi connectivity index (χ4v) is 7.19. The number of rotatable bonds is 24. The lowest BCUT2D eigenvalue weighted by atomic mass is 9.93. The largest absolute Gasteiger partial charge is 0.349 e. The highest BCUT2D eigenvalue weighted by Gasteiger charge is 2.20. The summed E-state index contributed by atoms with van der Waals surface area (Å²) in [4.78, 5) is 25.9. The molecular weight excluding hydrogens is 494 g/mol. The van der Waals surface area contributed by atoms with Crippen molar-refractivity contribution in [2.75, 3.05) is 6.54 Å². The maximum Gasteiger partial charge on any atom is 0.293 e. The number of thiophene rings is 2. The molecule has 0 spiro atoms. The molecule has 1 N–H and O–H groups in total. The number of ketones is 1. The van der Waals surface area contributed by atoms with Crippen molar-refractivity contribution in [3.63, 3.8) is 0 Å². The highest BCUT2D eigenvalue weighted by Crippen LogP contribution is 2.30. The summed E-state index contributed by atoms with van der Waals surface area (Å²) in [6, 6.07) is 3.89. The number of amides is 1. The molecule has 1 amide bonds. The van der Waals surface area contributed by atoms with E-state index in [1.165, 1.54) is 127 Å². The molecule has 1 atom stereocenters. The summed E-state index contributed by atoms with van der Waals surface area (Å²) in [6.45, 7) is 5.18. The predicted octanol–water partition coefficient (Wildman–Crippen LogP) is 10.7. The number of carbonyl (C=O) groups excluding carboxylic acids is 2. The summed E-state index contributed by atoms with van der Waals surface area (Å²) < 4.78 is 2.18. The molecule has 0 bridgehead atoms. The minimum absolute atomic E-state index is 0.377. The van der Waals surface area contributed by atoms with E-state index in [4.69, 9.17) is 0 Å². The van der Waals surface area contributed by atoms with Crippen molar-refractivity contribution >= 4 is 43.8 Å². The van der Waals surface area contributed by atoms with Gasteiger partial charge in [-0.2, -0.15) is 0 Å². The SMILES string of the molecule is CCCCCCCCCCCCC(CCCCCCCCCC)CNC(=O)C(=O)c1cc2sccc2s1. The molecule has 0 fully saturated rings. The smallest absolute Gasteiger partial charge is 0.293 e. The maximum absolute atomic E-state index is 12.7. The van der Waals surface area contributed by atoms with Gasteiger partial charge in [-0.1, -0.05) is 129 Å². The van der Waals surface area contributed by atoms with Crippen molar-refractivity contribution in [1.82, 2.24) is 5.32 Å². The highest BCUT2D eigenvalue weighted by atomic mass is 32.1. The molecule has 5 heteroatoms. The van der Waals surface area contributed by atoms with Gasteiger partial charge in [0, 0.05) is 15.9 Å². The van der Waals surface area contributed by atoms with Gasteiger partial charge in [-0.3, -0.25) is 9.59 Å². The zero-order valence-electron chi connectivity index (χ0n) is 23.8.